The molecule has 5 nitrogen and oxygen atoms in total. The first-order valence-corrected chi connectivity index (χ1v) is 5.47. The Bertz CT molecular complexity index is 671. The van der Waals surface area contributed by atoms with Gasteiger partial charge >= 0.3 is 0 Å². The molecule has 0 aromatic carbocycles. The Morgan fingerprint density at radius 1 is 1.28 bits per heavy atom. The minimum Gasteiger partial charge on any atom is -0.469 e. The van der Waals surface area contributed by atoms with E-state index in [1.54, 1.807) is 18.7 Å². The van der Waals surface area contributed by atoms with Crippen molar-refractivity contribution in [2.45, 2.75) is 6.92 Å². The van der Waals surface area contributed by atoms with E-state index in [9.17, 15) is 0 Å². The fraction of sp³-hybridized carbons (Fsp3) is 0.0769. The van der Waals surface area contributed by atoms with E-state index < -0.39 is 0 Å². The fourth-order valence-electron chi connectivity index (χ4n) is 1.86. The van der Waals surface area contributed by atoms with Crippen LogP contribution in [0.25, 0.3) is 22.4 Å². The number of nitrogens with two attached hydrogens (primary N) is 1. The first-order chi connectivity index (χ1) is 8.75. The van der Waals surface area contributed by atoms with Crippen LogP contribution in [0, 0.1) is 6.92 Å². The number of furan rings is 1. The number of anilines is 1. The van der Waals surface area contributed by atoms with Crippen LogP contribution in [0.3, 0.4) is 0 Å². The standard InChI is InChI=1S/C13H11N3O2/c1-8-5-10(7-17-8)12-11(13(14)18-16-12)9-3-2-4-15-6-9/h2-7H,14H2,1H3. The minimum atomic E-state index is 0.275. The molecule has 3 rings (SSSR count). The molecule has 3 aromatic heterocycles. The number of aromatic nitrogens is 2. The van der Waals surface area contributed by atoms with E-state index in [0.717, 1.165) is 22.5 Å². The molecule has 0 radical (unpaired) electrons. The Kier molecular flexibility index (Phi) is 2.37. The smallest absolute Gasteiger partial charge is 0.230 e. The number of aryl methyl sites for hydroxylation is 1. The van der Waals surface area contributed by atoms with Gasteiger partial charge in [0.15, 0.2) is 0 Å². The molecule has 2 N–H and O–H groups in total. The van der Waals surface area contributed by atoms with E-state index >= 15 is 0 Å². The van der Waals surface area contributed by atoms with Crippen LogP contribution in [0.4, 0.5) is 5.88 Å². The second kappa shape index (κ2) is 4.03. The van der Waals surface area contributed by atoms with Gasteiger partial charge in [-0.15, -0.1) is 0 Å². The lowest BCUT2D eigenvalue weighted by molar-refractivity contribution is 0.439. The summed E-state index contributed by atoms with van der Waals surface area (Å²) in [6.45, 7) is 1.87. The van der Waals surface area contributed by atoms with Crippen molar-refractivity contribution in [3.8, 4) is 22.4 Å². The fourth-order valence-corrected chi connectivity index (χ4v) is 1.86. The molecular weight excluding hydrogens is 230 g/mol. The molecule has 0 aliphatic heterocycles. The molecule has 3 heterocycles. The summed E-state index contributed by atoms with van der Waals surface area (Å²) in [4.78, 5) is 4.07. The molecule has 90 valence electrons. The van der Waals surface area contributed by atoms with Gasteiger partial charge in [0.2, 0.25) is 5.88 Å². The van der Waals surface area contributed by atoms with Gasteiger partial charge in [0.1, 0.15) is 17.7 Å². The molecule has 3 aromatic rings. The highest BCUT2D eigenvalue weighted by Gasteiger charge is 2.18. The maximum Gasteiger partial charge on any atom is 0.230 e. The summed E-state index contributed by atoms with van der Waals surface area (Å²) in [5.74, 6) is 1.08. The van der Waals surface area contributed by atoms with Crippen molar-refractivity contribution in [2.24, 2.45) is 0 Å². The van der Waals surface area contributed by atoms with Crippen LogP contribution in [0.5, 0.6) is 0 Å². The van der Waals surface area contributed by atoms with Crippen molar-refractivity contribution in [1.29, 1.82) is 0 Å². The van der Waals surface area contributed by atoms with E-state index in [4.69, 9.17) is 14.7 Å². The van der Waals surface area contributed by atoms with Gasteiger partial charge in [-0.05, 0) is 19.1 Å². The first kappa shape index (κ1) is 10.6. The Balaban J connectivity index is 2.18. The van der Waals surface area contributed by atoms with Crippen LogP contribution in [0.15, 0.2) is 45.8 Å². The quantitative estimate of drug-likeness (QED) is 0.746. The lowest BCUT2D eigenvalue weighted by atomic mass is 10.0. The highest BCUT2D eigenvalue weighted by Crippen LogP contribution is 2.36. The second-order valence-corrected chi connectivity index (χ2v) is 3.96. The molecule has 0 aliphatic carbocycles. The topological polar surface area (TPSA) is 78.1 Å². The van der Waals surface area contributed by atoms with Gasteiger partial charge in [-0.1, -0.05) is 11.2 Å². The van der Waals surface area contributed by atoms with Gasteiger partial charge in [-0.25, -0.2) is 0 Å². The average molecular weight is 241 g/mol. The maximum absolute atomic E-state index is 5.83. The molecule has 18 heavy (non-hydrogen) atoms. The molecule has 0 amide bonds. The number of rotatable bonds is 2. The minimum absolute atomic E-state index is 0.275. The number of hydrogen-bond donors (Lipinski definition) is 1. The third-order valence-electron chi connectivity index (χ3n) is 2.67. The SMILES string of the molecule is Cc1cc(-c2noc(N)c2-c2cccnc2)co1. The first-order valence-electron chi connectivity index (χ1n) is 5.47. The van der Waals surface area contributed by atoms with Gasteiger partial charge in [-0.2, -0.15) is 0 Å². The van der Waals surface area contributed by atoms with Crippen molar-refractivity contribution in [3.05, 3.63) is 42.6 Å². The summed E-state index contributed by atoms with van der Waals surface area (Å²) in [6, 6.07) is 5.63. The van der Waals surface area contributed by atoms with Crippen LogP contribution >= 0.6 is 0 Å². The zero-order valence-corrected chi connectivity index (χ0v) is 9.75. The zero-order valence-electron chi connectivity index (χ0n) is 9.75. The Hall–Kier alpha value is -2.56. The molecule has 0 saturated heterocycles. The largest absolute Gasteiger partial charge is 0.469 e. The second-order valence-electron chi connectivity index (χ2n) is 3.96. The molecule has 5 heteroatoms. The number of nitrogens with zero attached hydrogens (tertiary/aromatic N) is 2. The van der Waals surface area contributed by atoms with Crippen molar-refractivity contribution < 1.29 is 8.94 Å². The Morgan fingerprint density at radius 2 is 2.17 bits per heavy atom. The van der Waals surface area contributed by atoms with E-state index in [-0.39, 0.29) is 5.88 Å². The summed E-state index contributed by atoms with van der Waals surface area (Å²) in [6.07, 6.45) is 5.06. The van der Waals surface area contributed by atoms with Gasteiger partial charge < -0.3 is 14.7 Å². The van der Waals surface area contributed by atoms with Gasteiger partial charge in [0.05, 0.1) is 5.56 Å². The number of pyridine rings is 1. The lowest BCUT2D eigenvalue weighted by Crippen LogP contribution is -1.87. The van der Waals surface area contributed by atoms with Crippen molar-refractivity contribution in [3.63, 3.8) is 0 Å². The molecule has 0 spiro atoms. The summed E-state index contributed by atoms with van der Waals surface area (Å²) in [5.41, 5.74) is 8.94. The van der Waals surface area contributed by atoms with Gasteiger partial charge in [0, 0.05) is 23.5 Å². The summed E-state index contributed by atoms with van der Waals surface area (Å²) in [7, 11) is 0. The van der Waals surface area contributed by atoms with Crippen LogP contribution in [-0.2, 0) is 0 Å². The third-order valence-corrected chi connectivity index (χ3v) is 2.67. The predicted octanol–water partition coefficient (Wildman–Crippen LogP) is 2.89. The zero-order chi connectivity index (χ0) is 12.5. The molecule has 0 atom stereocenters. The molecule has 0 aliphatic rings. The highest BCUT2D eigenvalue weighted by molar-refractivity contribution is 5.86. The molecule has 0 bridgehead atoms. The van der Waals surface area contributed by atoms with Crippen LogP contribution in [0.1, 0.15) is 5.76 Å². The normalized spacial score (nSPS) is 10.7. The summed E-state index contributed by atoms with van der Waals surface area (Å²) >= 11 is 0. The molecule has 0 saturated carbocycles. The maximum atomic E-state index is 5.83. The van der Waals surface area contributed by atoms with Crippen molar-refractivity contribution in [1.82, 2.24) is 10.1 Å². The van der Waals surface area contributed by atoms with E-state index in [0.29, 0.717) is 5.69 Å². The molecule has 0 unspecified atom stereocenters. The van der Waals surface area contributed by atoms with Crippen LogP contribution in [0.2, 0.25) is 0 Å². The van der Waals surface area contributed by atoms with Gasteiger partial charge in [-0.3, -0.25) is 4.98 Å². The molecular formula is C13H11N3O2. The van der Waals surface area contributed by atoms with Crippen LogP contribution < -0.4 is 5.73 Å². The lowest BCUT2D eigenvalue weighted by Gasteiger charge is -1.99. The Morgan fingerprint density at radius 3 is 2.83 bits per heavy atom. The summed E-state index contributed by atoms with van der Waals surface area (Å²) < 4.78 is 10.4. The number of hydrogen-bond acceptors (Lipinski definition) is 5. The van der Waals surface area contributed by atoms with Crippen molar-refractivity contribution in [2.75, 3.05) is 5.73 Å². The summed E-state index contributed by atoms with van der Waals surface area (Å²) in [5, 5.41) is 3.99. The number of nitrogen functional groups attached to an aromatic ring is 1. The monoisotopic (exact) mass is 241 g/mol. The third kappa shape index (κ3) is 1.66. The van der Waals surface area contributed by atoms with E-state index in [1.165, 1.54) is 0 Å². The van der Waals surface area contributed by atoms with Crippen molar-refractivity contribution >= 4 is 5.88 Å². The highest BCUT2D eigenvalue weighted by atomic mass is 16.5. The van der Waals surface area contributed by atoms with Crippen LogP contribution in [-0.4, -0.2) is 10.1 Å². The average Bonchev–Trinajstić information content (AvgIpc) is 2.96. The van der Waals surface area contributed by atoms with E-state index in [2.05, 4.69) is 10.1 Å². The van der Waals surface area contributed by atoms with E-state index in [1.807, 2.05) is 25.1 Å². The Labute approximate surface area is 103 Å². The predicted molar refractivity (Wildman–Crippen MR) is 66.6 cm³/mol. The molecule has 0 fully saturated rings. The van der Waals surface area contributed by atoms with Gasteiger partial charge in [0.25, 0.3) is 0 Å².